The molecule has 3 heterocycles. The Morgan fingerprint density at radius 2 is 1.94 bits per heavy atom. The molecule has 2 N–H and O–H groups in total. The highest BCUT2D eigenvalue weighted by Gasteiger charge is 2.24. The van der Waals surface area contributed by atoms with Crippen LogP contribution in [0, 0.1) is 24.1 Å². The standard InChI is InChI=1S/C25H24FN7O/c1-15-23(32-9-7-19(28)8-10-32)29-24(16-3-4-17(13-27)21(26)12-16)33(25(15)34)20-5-6-22-18(11-20)14-31(2)30-22/h3-6,11-12,14,19H,7-10,28H2,1-2H3. The van der Waals surface area contributed by atoms with E-state index in [9.17, 15) is 9.18 Å². The van der Waals surface area contributed by atoms with Crippen molar-refractivity contribution >= 4 is 16.7 Å². The van der Waals surface area contributed by atoms with Crippen molar-refractivity contribution in [3.63, 3.8) is 0 Å². The molecule has 1 aliphatic heterocycles. The van der Waals surface area contributed by atoms with Crippen LogP contribution >= 0.6 is 0 Å². The van der Waals surface area contributed by atoms with E-state index in [-0.39, 0.29) is 17.2 Å². The minimum atomic E-state index is -0.658. The van der Waals surface area contributed by atoms with Crippen molar-refractivity contribution in [2.45, 2.75) is 25.8 Å². The maximum atomic E-state index is 14.6. The van der Waals surface area contributed by atoms with Gasteiger partial charge in [0, 0.05) is 43.3 Å². The Kier molecular flexibility index (Phi) is 5.38. The summed E-state index contributed by atoms with van der Waals surface area (Å²) in [7, 11) is 1.84. The van der Waals surface area contributed by atoms with Gasteiger partial charge in [-0.15, -0.1) is 0 Å². The highest BCUT2D eigenvalue weighted by atomic mass is 19.1. The van der Waals surface area contributed by atoms with E-state index in [1.165, 1.54) is 16.7 Å². The van der Waals surface area contributed by atoms with Crippen molar-refractivity contribution in [3.05, 3.63) is 69.9 Å². The van der Waals surface area contributed by atoms with E-state index < -0.39 is 5.82 Å². The second-order valence-corrected chi connectivity index (χ2v) is 8.70. The van der Waals surface area contributed by atoms with Gasteiger partial charge in [0.15, 0.2) is 0 Å². The first-order valence-corrected chi connectivity index (χ1v) is 11.1. The maximum Gasteiger partial charge on any atom is 0.263 e. The molecule has 172 valence electrons. The first kappa shape index (κ1) is 21.8. The largest absolute Gasteiger partial charge is 0.356 e. The topological polar surface area (TPSA) is 106 Å². The van der Waals surface area contributed by atoms with Crippen LogP contribution in [0.15, 0.2) is 47.4 Å². The lowest BCUT2D eigenvalue weighted by molar-refractivity contribution is 0.497. The third-order valence-corrected chi connectivity index (χ3v) is 6.33. The van der Waals surface area contributed by atoms with Gasteiger partial charge in [-0.05, 0) is 56.2 Å². The minimum absolute atomic E-state index is 0.0632. The lowest BCUT2D eigenvalue weighted by atomic mass is 10.1. The van der Waals surface area contributed by atoms with Crippen molar-refractivity contribution in [1.82, 2.24) is 19.3 Å². The summed E-state index contributed by atoms with van der Waals surface area (Å²) < 4.78 is 17.8. The number of hydrogen-bond acceptors (Lipinski definition) is 6. The Labute approximate surface area is 195 Å². The Morgan fingerprint density at radius 3 is 2.65 bits per heavy atom. The number of benzene rings is 2. The van der Waals surface area contributed by atoms with Gasteiger partial charge in [-0.3, -0.25) is 14.0 Å². The van der Waals surface area contributed by atoms with Gasteiger partial charge in [0.1, 0.15) is 23.5 Å². The van der Waals surface area contributed by atoms with Gasteiger partial charge in [-0.1, -0.05) is 0 Å². The predicted molar refractivity (Wildman–Crippen MR) is 128 cm³/mol. The van der Waals surface area contributed by atoms with Gasteiger partial charge in [0.05, 0.1) is 22.3 Å². The monoisotopic (exact) mass is 457 g/mol. The number of halogens is 1. The summed E-state index contributed by atoms with van der Waals surface area (Å²) in [5, 5.41) is 14.4. The van der Waals surface area contributed by atoms with Crippen LogP contribution in [-0.4, -0.2) is 38.5 Å². The molecule has 34 heavy (non-hydrogen) atoms. The molecule has 0 aliphatic carbocycles. The number of hydrogen-bond donors (Lipinski definition) is 1. The van der Waals surface area contributed by atoms with Crippen molar-refractivity contribution in [2.75, 3.05) is 18.0 Å². The molecule has 0 amide bonds. The van der Waals surface area contributed by atoms with Crippen LogP contribution < -0.4 is 16.2 Å². The van der Waals surface area contributed by atoms with Gasteiger partial charge < -0.3 is 10.6 Å². The van der Waals surface area contributed by atoms with Crippen molar-refractivity contribution < 1.29 is 4.39 Å². The summed E-state index contributed by atoms with van der Waals surface area (Å²) in [5.41, 5.74) is 8.10. The lowest BCUT2D eigenvalue weighted by Gasteiger charge is -2.32. The Morgan fingerprint density at radius 1 is 1.18 bits per heavy atom. The van der Waals surface area contributed by atoms with Crippen molar-refractivity contribution in [3.8, 4) is 23.1 Å². The third-order valence-electron chi connectivity index (χ3n) is 6.33. The zero-order chi connectivity index (χ0) is 24.0. The van der Waals surface area contributed by atoms with Gasteiger partial charge in [-0.25, -0.2) is 9.37 Å². The summed E-state index contributed by atoms with van der Waals surface area (Å²) in [5.74, 6) is 0.233. The fourth-order valence-electron chi connectivity index (χ4n) is 4.47. The highest BCUT2D eigenvalue weighted by molar-refractivity contribution is 5.81. The molecule has 0 atom stereocenters. The van der Waals surface area contributed by atoms with Crippen LogP contribution in [0.25, 0.3) is 28.0 Å². The van der Waals surface area contributed by atoms with E-state index in [2.05, 4.69) is 10.00 Å². The summed E-state index contributed by atoms with van der Waals surface area (Å²) in [6.07, 6.45) is 3.49. The maximum absolute atomic E-state index is 14.6. The van der Waals surface area contributed by atoms with Crippen LogP contribution in [0.5, 0.6) is 0 Å². The second kappa shape index (κ2) is 8.39. The Balaban J connectivity index is 1.75. The molecule has 8 nitrogen and oxygen atoms in total. The summed E-state index contributed by atoms with van der Waals surface area (Å²) in [4.78, 5) is 20.7. The van der Waals surface area contributed by atoms with Crippen LogP contribution in [-0.2, 0) is 7.05 Å². The SMILES string of the molecule is Cc1c(N2CCC(N)CC2)nc(-c2ccc(C#N)c(F)c2)n(-c2ccc3nn(C)cc3c2)c1=O. The number of aromatic nitrogens is 4. The average molecular weight is 458 g/mol. The molecular weight excluding hydrogens is 433 g/mol. The molecule has 9 heteroatoms. The van der Waals surface area contributed by atoms with Crippen molar-refractivity contribution in [1.29, 1.82) is 5.26 Å². The van der Waals surface area contributed by atoms with Gasteiger partial charge in [0.2, 0.25) is 0 Å². The quantitative estimate of drug-likeness (QED) is 0.507. The number of nitrogens with two attached hydrogens (primary N) is 1. The minimum Gasteiger partial charge on any atom is -0.356 e. The normalized spacial score (nSPS) is 14.5. The highest BCUT2D eigenvalue weighted by Crippen LogP contribution is 2.28. The second-order valence-electron chi connectivity index (χ2n) is 8.70. The van der Waals surface area contributed by atoms with E-state index in [4.69, 9.17) is 16.0 Å². The third kappa shape index (κ3) is 3.72. The fourth-order valence-corrected chi connectivity index (χ4v) is 4.47. The molecule has 5 rings (SSSR count). The smallest absolute Gasteiger partial charge is 0.263 e. The summed E-state index contributed by atoms with van der Waals surface area (Å²) in [6, 6.07) is 11.8. The molecule has 1 aliphatic rings. The first-order chi connectivity index (χ1) is 16.4. The molecule has 2 aromatic carbocycles. The van der Waals surface area contributed by atoms with Crippen LogP contribution in [0.3, 0.4) is 0 Å². The molecule has 1 saturated heterocycles. The number of nitriles is 1. The first-order valence-electron chi connectivity index (χ1n) is 11.1. The summed E-state index contributed by atoms with van der Waals surface area (Å²) >= 11 is 0. The van der Waals surface area contributed by atoms with E-state index in [1.807, 2.05) is 31.4 Å². The van der Waals surface area contributed by atoms with Crippen LogP contribution in [0.4, 0.5) is 10.2 Å². The molecule has 1 fully saturated rings. The molecule has 0 saturated carbocycles. The molecular formula is C25H24FN7O. The van der Waals surface area contributed by atoms with E-state index in [0.29, 0.717) is 41.5 Å². The molecule has 0 spiro atoms. The van der Waals surface area contributed by atoms with Gasteiger partial charge in [0.25, 0.3) is 5.56 Å². The number of anilines is 1. The Bertz CT molecular complexity index is 1510. The number of piperidine rings is 1. The number of aryl methyl sites for hydroxylation is 1. The van der Waals surface area contributed by atoms with E-state index in [0.717, 1.165) is 23.7 Å². The molecule has 0 radical (unpaired) electrons. The lowest BCUT2D eigenvalue weighted by Crippen LogP contribution is -2.41. The molecule has 4 aromatic rings. The average Bonchev–Trinajstić information content (AvgIpc) is 3.20. The summed E-state index contributed by atoms with van der Waals surface area (Å²) in [6.45, 7) is 3.16. The van der Waals surface area contributed by atoms with E-state index >= 15 is 0 Å². The number of rotatable bonds is 3. The zero-order valence-corrected chi connectivity index (χ0v) is 19.0. The van der Waals surface area contributed by atoms with E-state index in [1.54, 1.807) is 23.7 Å². The number of nitrogens with zero attached hydrogens (tertiary/aromatic N) is 6. The number of fused-ring (bicyclic) bond motifs is 1. The van der Waals surface area contributed by atoms with Crippen LogP contribution in [0.1, 0.15) is 24.0 Å². The Hall–Kier alpha value is -4.03. The molecule has 0 unspecified atom stereocenters. The molecule has 0 bridgehead atoms. The van der Waals surface area contributed by atoms with Crippen LogP contribution in [0.2, 0.25) is 0 Å². The fraction of sp³-hybridized carbons (Fsp3) is 0.280. The molecule has 2 aromatic heterocycles. The van der Waals surface area contributed by atoms with Crippen molar-refractivity contribution in [2.24, 2.45) is 12.8 Å². The zero-order valence-electron chi connectivity index (χ0n) is 19.0. The van der Waals surface area contributed by atoms with Gasteiger partial charge in [-0.2, -0.15) is 10.4 Å². The van der Waals surface area contributed by atoms with Gasteiger partial charge >= 0.3 is 0 Å². The predicted octanol–water partition coefficient (Wildman–Crippen LogP) is 3.03.